The van der Waals surface area contributed by atoms with Crippen molar-refractivity contribution >= 4 is 43.9 Å². The van der Waals surface area contributed by atoms with E-state index in [0.29, 0.717) is 58.3 Å². The third-order valence-corrected chi connectivity index (χ3v) is 9.57. The van der Waals surface area contributed by atoms with Gasteiger partial charge in [0.05, 0.1) is 16.7 Å². The Labute approximate surface area is 321 Å². The molecule has 0 fully saturated rings. The van der Waals surface area contributed by atoms with Crippen LogP contribution in [0.2, 0.25) is 0 Å². The van der Waals surface area contributed by atoms with E-state index in [2.05, 4.69) is 9.88 Å². The molecule has 5 heterocycles. The zero-order valence-corrected chi connectivity index (χ0v) is 30.3. The van der Waals surface area contributed by atoms with Gasteiger partial charge in [-0.3, -0.25) is 9.88 Å². The molecule has 5 aromatic heterocycles. The summed E-state index contributed by atoms with van der Waals surface area (Å²) >= 11 is 0. The van der Waals surface area contributed by atoms with E-state index in [1.807, 2.05) is 43.3 Å². The van der Waals surface area contributed by atoms with Crippen LogP contribution in [-0.4, -0.2) is 26.6 Å². The van der Waals surface area contributed by atoms with Crippen LogP contribution in [0.3, 0.4) is 0 Å². The lowest BCUT2D eigenvalue weighted by Crippen LogP contribution is -2.22. The highest BCUT2D eigenvalue weighted by atomic mass is 16.4. The van der Waals surface area contributed by atoms with E-state index in [9.17, 15) is 29.4 Å². The topological polar surface area (TPSA) is 177 Å². The second-order valence-electron chi connectivity index (χ2n) is 13.2. The minimum Gasteiger partial charge on any atom is -0.508 e. The summed E-state index contributed by atoms with van der Waals surface area (Å²) in [6, 6.07) is 31.7. The van der Waals surface area contributed by atoms with Crippen LogP contribution >= 0.6 is 0 Å². The number of phenols is 2. The molecule has 2 N–H and O–H groups in total. The van der Waals surface area contributed by atoms with Crippen LogP contribution in [-0.2, 0) is 13.1 Å². The Kier molecular flexibility index (Phi) is 9.76. The molecule has 0 aliphatic rings. The van der Waals surface area contributed by atoms with E-state index in [4.69, 9.17) is 17.7 Å². The molecule has 0 bridgehead atoms. The quantitative estimate of drug-likeness (QED) is 0.150. The van der Waals surface area contributed by atoms with Gasteiger partial charge in [0, 0.05) is 76.4 Å². The van der Waals surface area contributed by atoms with Gasteiger partial charge >= 0.3 is 22.5 Å². The number of phenolic OH excluding ortho intramolecular Hbond substituents is 2. The predicted molar refractivity (Wildman–Crippen MR) is 215 cm³/mol. The number of fused-ring (bicyclic) bond motifs is 4. The molecule has 0 spiro atoms. The fourth-order valence-electron chi connectivity index (χ4n) is 6.77. The summed E-state index contributed by atoms with van der Waals surface area (Å²) < 4.78 is 21.5. The normalized spacial score (nSPS) is 11.3. The summed E-state index contributed by atoms with van der Waals surface area (Å²) in [6.07, 6.45) is 3.47. The van der Waals surface area contributed by atoms with Gasteiger partial charge in [-0.05, 0) is 72.8 Å². The van der Waals surface area contributed by atoms with Crippen molar-refractivity contribution in [3.05, 3.63) is 180 Å². The summed E-state index contributed by atoms with van der Waals surface area (Å²) in [5.41, 5.74) is 2.02. The molecule has 0 saturated carbocycles. The number of hydrogen-bond acceptors (Lipinski definition) is 12. The van der Waals surface area contributed by atoms with Gasteiger partial charge in [-0.2, -0.15) is 0 Å². The van der Waals surface area contributed by atoms with E-state index < -0.39 is 22.5 Å². The van der Waals surface area contributed by atoms with Gasteiger partial charge in [-0.15, -0.1) is 0 Å². The summed E-state index contributed by atoms with van der Waals surface area (Å²) in [6.45, 7) is 3.70. The van der Waals surface area contributed by atoms with Crippen LogP contribution in [0, 0.1) is 0 Å². The zero-order valence-electron chi connectivity index (χ0n) is 30.3. The van der Waals surface area contributed by atoms with Crippen molar-refractivity contribution in [2.45, 2.75) is 20.0 Å². The van der Waals surface area contributed by atoms with E-state index in [-0.39, 0.29) is 33.8 Å². The van der Waals surface area contributed by atoms with Crippen molar-refractivity contribution in [3.63, 3.8) is 0 Å². The third-order valence-electron chi connectivity index (χ3n) is 9.57. The van der Waals surface area contributed by atoms with Crippen molar-refractivity contribution in [3.8, 4) is 33.8 Å². The zero-order chi connectivity index (χ0) is 39.6. The number of aromatic hydroxyl groups is 2. The summed E-state index contributed by atoms with van der Waals surface area (Å²) in [7, 11) is 0. The molecule has 57 heavy (non-hydrogen) atoms. The van der Waals surface area contributed by atoms with Gasteiger partial charge in [0.1, 0.15) is 33.8 Å². The van der Waals surface area contributed by atoms with E-state index in [1.54, 1.807) is 67.0 Å². The summed E-state index contributed by atoms with van der Waals surface area (Å²) in [5.74, 6) is -0.00475. The monoisotopic (exact) mass is 760 g/mol. The second kappa shape index (κ2) is 15.3. The first-order valence-electron chi connectivity index (χ1n) is 17.9. The number of rotatable bonds is 7. The smallest absolute Gasteiger partial charge is 0.344 e. The minimum absolute atomic E-state index is 0.0199. The fourth-order valence-corrected chi connectivity index (χ4v) is 6.77. The largest absolute Gasteiger partial charge is 0.508 e. The van der Waals surface area contributed by atoms with Crippen LogP contribution < -0.4 is 22.5 Å². The Morgan fingerprint density at radius 1 is 0.561 bits per heavy atom. The summed E-state index contributed by atoms with van der Waals surface area (Å²) in [4.78, 5) is 55.6. The van der Waals surface area contributed by atoms with Crippen LogP contribution in [0.25, 0.3) is 66.1 Å². The van der Waals surface area contributed by atoms with Crippen molar-refractivity contribution in [2.75, 3.05) is 6.54 Å². The standard InChI is InChI=1S/C27H22N2O5.C18H10O5/c1-2-29(15-17-9-11-28-12-10-17)16-22-23(30)8-7-19-20(14-25(31)34-26(19)22)21-13-18-5-3-4-6-24(18)33-27(21)32;19-11-5-6-12-13(9-17(20)22-16(12)8-11)14-7-10-3-1-2-4-15(10)23-18(14)21/h3-14,30H,2,15-16H2,1H3;1-9,19H. The molecule has 12 heteroatoms. The molecule has 0 atom stereocenters. The number of hydrogen-bond donors (Lipinski definition) is 2. The number of pyridine rings is 1. The molecular formula is C45H32N2O10. The first-order valence-corrected chi connectivity index (χ1v) is 17.9. The number of para-hydroxylation sites is 2. The Bertz CT molecular complexity index is 3200. The highest BCUT2D eigenvalue weighted by Gasteiger charge is 2.20. The number of nitrogens with zero attached hydrogens (tertiary/aromatic N) is 2. The molecule has 4 aromatic carbocycles. The van der Waals surface area contributed by atoms with E-state index >= 15 is 0 Å². The molecule has 0 unspecified atom stereocenters. The lowest BCUT2D eigenvalue weighted by atomic mass is 9.99. The maximum atomic E-state index is 12.8. The molecule has 282 valence electrons. The molecule has 0 aliphatic heterocycles. The molecule has 0 saturated heterocycles. The van der Waals surface area contributed by atoms with Crippen molar-refractivity contribution in [2.24, 2.45) is 0 Å². The van der Waals surface area contributed by atoms with Gasteiger partial charge in [-0.25, -0.2) is 19.2 Å². The van der Waals surface area contributed by atoms with Crippen LogP contribution in [0.1, 0.15) is 18.1 Å². The first kappa shape index (κ1) is 36.4. The fraction of sp³-hybridized carbons (Fsp3) is 0.0889. The maximum Gasteiger partial charge on any atom is 0.344 e. The van der Waals surface area contributed by atoms with Crippen molar-refractivity contribution in [1.29, 1.82) is 0 Å². The van der Waals surface area contributed by atoms with E-state index in [1.165, 1.54) is 24.3 Å². The Morgan fingerprint density at radius 3 is 1.77 bits per heavy atom. The molecule has 0 amide bonds. The Balaban J connectivity index is 0.000000172. The predicted octanol–water partition coefficient (Wildman–Crippen LogP) is 7.96. The third kappa shape index (κ3) is 7.44. The van der Waals surface area contributed by atoms with Crippen LogP contribution in [0.4, 0.5) is 0 Å². The van der Waals surface area contributed by atoms with Gasteiger partial charge in [0.25, 0.3) is 0 Å². The SMILES string of the molecule is CCN(Cc1ccncc1)Cc1c(O)ccc2c(-c3cc4ccccc4oc3=O)cc(=O)oc12.O=c1cc(-c2cc3ccccc3oc2=O)c2ccc(O)cc2o1. The average molecular weight is 761 g/mol. The Hall–Kier alpha value is -7.57. The van der Waals surface area contributed by atoms with Gasteiger partial charge < -0.3 is 27.9 Å². The Morgan fingerprint density at radius 2 is 1.14 bits per heavy atom. The molecular weight excluding hydrogens is 728 g/mol. The molecule has 12 nitrogen and oxygen atoms in total. The lowest BCUT2D eigenvalue weighted by Gasteiger charge is -2.21. The second-order valence-corrected chi connectivity index (χ2v) is 13.2. The van der Waals surface area contributed by atoms with Crippen molar-refractivity contribution < 1.29 is 27.9 Å². The van der Waals surface area contributed by atoms with Gasteiger partial charge in [0.2, 0.25) is 0 Å². The maximum absolute atomic E-state index is 12.8. The lowest BCUT2D eigenvalue weighted by molar-refractivity contribution is 0.267. The molecule has 9 aromatic rings. The van der Waals surface area contributed by atoms with Crippen LogP contribution in [0.15, 0.2) is 165 Å². The highest BCUT2D eigenvalue weighted by Crippen LogP contribution is 2.34. The number of aromatic nitrogens is 1. The van der Waals surface area contributed by atoms with E-state index in [0.717, 1.165) is 16.3 Å². The van der Waals surface area contributed by atoms with Crippen molar-refractivity contribution in [1.82, 2.24) is 9.88 Å². The first-order chi connectivity index (χ1) is 27.6. The summed E-state index contributed by atoms with van der Waals surface area (Å²) in [5, 5.41) is 22.8. The average Bonchev–Trinajstić information content (AvgIpc) is 3.21. The van der Waals surface area contributed by atoms with Gasteiger partial charge in [0.15, 0.2) is 0 Å². The van der Waals surface area contributed by atoms with Gasteiger partial charge in [-0.1, -0.05) is 43.3 Å². The molecule has 0 radical (unpaired) electrons. The number of benzene rings is 4. The highest BCUT2D eigenvalue weighted by molar-refractivity contribution is 5.97. The minimum atomic E-state index is -0.612. The van der Waals surface area contributed by atoms with Crippen LogP contribution in [0.5, 0.6) is 11.5 Å². The molecule has 0 aliphatic carbocycles. The molecule has 9 rings (SSSR count).